The Labute approximate surface area is 174 Å². The van der Waals surface area contributed by atoms with Gasteiger partial charge >= 0.3 is 11.9 Å². The number of aliphatic carboxylic acids is 1. The Morgan fingerprint density at radius 1 is 0.967 bits per heavy atom. The molecule has 0 aliphatic heterocycles. The van der Waals surface area contributed by atoms with E-state index in [0.717, 1.165) is 0 Å². The molecule has 0 atom stereocenters. The highest BCUT2D eigenvalue weighted by Crippen LogP contribution is 2.22. The summed E-state index contributed by atoms with van der Waals surface area (Å²) in [5.74, 6) is -1.98. The van der Waals surface area contributed by atoms with Crippen molar-refractivity contribution in [3.63, 3.8) is 0 Å². The summed E-state index contributed by atoms with van der Waals surface area (Å²) in [6.45, 7) is 4.60. The molecule has 0 saturated heterocycles. The molecule has 3 N–H and O–H groups in total. The van der Waals surface area contributed by atoms with E-state index in [1.807, 2.05) is 0 Å². The molecule has 0 spiro atoms. The molecule has 0 fully saturated rings. The standard InChI is InChI=1S/C20H22N2O7S/c1-20(2,3)19(26)29-15-8-10-16(11-9-15)30(27,28)22-14-6-4-13(5-7-14)18(25)21-12-17(23)24/h4-11,22H,12H2,1-3H3,(H,21,25)(H,23,24). The number of amides is 1. The molecule has 2 aromatic rings. The van der Waals surface area contributed by atoms with Gasteiger partial charge in [-0.15, -0.1) is 0 Å². The number of ether oxygens (including phenoxy) is 1. The Hall–Kier alpha value is -3.40. The first-order valence-corrected chi connectivity index (χ1v) is 10.3. The summed E-state index contributed by atoms with van der Waals surface area (Å²) in [7, 11) is -3.91. The molecular formula is C20H22N2O7S. The highest BCUT2D eigenvalue weighted by molar-refractivity contribution is 7.92. The summed E-state index contributed by atoms with van der Waals surface area (Å²) in [5, 5.41) is 10.8. The van der Waals surface area contributed by atoms with Gasteiger partial charge in [0.1, 0.15) is 12.3 Å². The van der Waals surface area contributed by atoms with Crippen LogP contribution < -0.4 is 14.8 Å². The Morgan fingerprint density at radius 3 is 2.03 bits per heavy atom. The minimum Gasteiger partial charge on any atom is -0.480 e. The fourth-order valence-corrected chi connectivity index (χ4v) is 3.17. The lowest BCUT2D eigenvalue weighted by Gasteiger charge is -2.16. The first-order valence-electron chi connectivity index (χ1n) is 8.84. The van der Waals surface area contributed by atoms with Crippen LogP contribution in [0.4, 0.5) is 5.69 Å². The number of nitrogens with one attached hydrogen (secondary N) is 2. The lowest BCUT2D eigenvalue weighted by atomic mass is 9.97. The smallest absolute Gasteiger partial charge is 0.322 e. The summed E-state index contributed by atoms with van der Waals surface area (Å²) < 4.78 is 32.6. The largest absolute Gasteiger partial charge is 0.480 e. The second-order valence-corrected chi connectivity index (χ2v) is 9.05. The number of carbonyl (C=O) groups is 3. The number of rotatable bonds is 7. The third-order valence-corrected chi connectivity index (χ3v) is 5.15. The number of carbonyl (C=O) groups excluding carboxylic acids is 2. The van der Waals surface area contributed by atoms with Crippen LogP contribution in [0.25, 0.3) is 0 Å². The van der Waals surface area contributed by atoms with Crippen molar-refractivity contribution in [1.82, 2.24) is 5.32 Å². The second-order valence-electron chi connectivity index (χ2n) is 7.37. The number of hydrogen-bond donors (Lipinski definition) is 3. The van der Waals surface area contributed by atoms with E-state index in [4.69, 9.17) is 9.84 Å². The normalized spacial score (nSPS) is 11.4. The van der Waals surface area contributed by atoms with Crippen LogP contribution >= 0.6 is 0 Å². The van der Waals surface area contributed by atoms with Crippen molar-refractivity contribution in [2.75, 3.05) is 11.3 Å². The van der Waals surface area contributed by atoms with E-state index in [1.165, 1.54) is 48.5 Å². The van der Waals surface area contributed by atoms with Gasteiger partial charge in [0.05, 0.1) is 10.3 Å². The second kappa shape index (κ2) is 8.95. The maximum Gasteiger partial charge on any atom is 0.322 e. The van der Waals surface area contributed by atoms with Crippen molar-refractivity contribution in [2.24, 2.45) is 5.41 Å². The molecule has 2 rings (SSSR count). The van der Waals surface area contributed by atoms with Crippen molar-refractivity contribution >= 4 is 33.6 Å². The molecule has 0 bridgehead atoms. The van der Waals surface area contributed by atoms with E-state index in [-0.39, 0.29) is 21.9 Å². The van der Waals surface area contributed by atoms with Crippen LogP contribution in [0.3, 0.4) is 0 Å². The van der Waals surface area contributed by atoms with Gasteiger partial charge in [-0.05, 0) is 69.3 Å². The fourth-order valence-electron chi connectivity index (χ4n) is 2.11. The van der Waals surface area contributed by atoms with E-state index in [0.29, 0.717) is 0 Å². The predicted octanol–water partition coefficient (Wildman–Crippen LogP) is 2.25. The minimum atomic E-state index is -3.91. The summed E-state index contributed by atoms with van der Waals surface area (Å²) in [5.41, 5.74) is -0.291. The summed E-state index contributed by atoms with van der Waals surface area (Å²) >= 11 is 0. The van der Waals surface area contributed by atoms with Crippen molar-refractivity contribution in [2.45, 2.75) is 25.7 Å². The molecule has 0 unspecified atom stereocenters. The summed E-state index contributed by atoms with van der Waals surface area (Å²) in [6.07, 6.45) is 0. The number of carboxylic acids is 1. The van der Waals surface area contributed by atoms with Gasteiger partial charge in [-0.3, -0.25) is 19.1 Å². The number of sulfonamides is 1. The molecule has 0 aromatic heterocycles. The first kappa shape index (κ1) is 22.9. The highest BCUT2D eigenvalue weighted by atomic mass is 32.2. The zero-order valence-electron chi connectivity index (χ0n) is 16.6. The number of anilines is 1. The van der Waals surface area contributed by atoms with E-state index in [9.17, 15) is 22.8 Å². The SMILES string of the molecule is CC(C)(C)C(=O)Oc1ccc(S(=O)(=O)Nc2ccc(C(=O)NCC(=O)O)cc2)cc1. The van der Waals surface area contributed by atoms with E-state index < -0.39 is 39.8 Å². The lowest BCUT2D eigenvalue weighted by molar-refractivity contribution is -0.143. The topological polar surface area (TPSA) is 139 Å². The van der Waals surface area contributed by atoms with Crippen LogP contribution in [0.5, 0.6) is 5.75 Å². The van der Waals surface area contributed by atoms with Gasteiger partial charge in [0.2, 0.25) is 0 Å². The molecule has 0 aliphatic carbocycles. The van der Waals surface area contributed by atoms with Gasteiger partial charge in [0.25, 0.3) is 15.9 Å². The molecule has 1 amide bonds. The van der Waals surface area contributed by atoms with E-state index in [1.54, 1.807) is 20.8 Å². The molecule has 9 nitrogen and oxygen atoms in total. The summed E-state index contributed by atoms with van der Waals surface area (Å²) in [6, 6.07) is 10.9. The van der Waals surface area contributed by atoms with Gasteiger partial charge < -0.3 is 15.2 Å². The van der Waals surface area contributed by atoms with Crippen LogP contribution in [0.15, 0.2) is 53.4 Å². The molecule has 30 heavy (non-hydrogen) atoms. The van der Waals surface area contributed by atoms with E-state index in [2.05, 4.69) is 10.0 Å². The Bertz CT molecular complexity index is 1040. The molecule has 160 valence electrons. The third kappa shape index (κ3) is 6.31. The number of benzene rings is 2. The maximum atomic E-state index is 12.5. The van der Waals surface area contributed by atoms with E-state index >= 15 is 0 Å². The monoisotopic (exact) mass is 434 g/mol. The zero-order chi connectivity index (χ0) is 22.5. The van der Waals surface area contributed by atoms with Crippen molar-refractivity contribution in [1.29, 1.82) is 0 Å². The number of esters is 1. The quantitative estimate of drug-likeness (QED) is 0.449. The fraction of sp³-hybridized carbons (Fsp3) is 0.250. The van der Waals surface area contributed by atoms with Gasteiger partial charge in [-0.1, -0.05) is 0 Å². The van der Waals surface area contributed by atoms with Gasteiger partial charge in [-0.2, -0.15) is 0 Å². The molecule has 10 heteroatoms. The van der Waals surface area contributed by atoms with Crippen LogP contribution in [0.1, 0.15) is 31.1 Å². The first-order chi connectivity index (χ1) is 13.9. The average molecular weight is 434 g/mol. The molecule has 0 saturated carbocycles. The average Bonchev–Trinajstić information content (AvgIpc) is 2.66. The van der Waals surface area contributed by atoms with Gasteiger partial charge in [0, 0.05) is 11.3 Å². The maximum absolute atomic E-state index is 12.5. The van der Waals surface area contributed by atoms with Gasteiger partial charge in [-0.25, -0.2) is 8.42 Å². The highest BCUT2D eigenvalue weighted by Gasteiger charge is 2.24. The van der Waals surface area contributed by atoms with Crippen LogP contribution in [0.2, 0.25) is 0 Å². The third-order valence-electron chi connectivity index (χ3n) is 3.76. The Balaban J connectivity index is 2.06. The molecule has 2 aromatic carbocycles. The van der Waals surface area contributed by atoms with Gasteiger partial charge in [0.15, 0.2) is 0 Å². The van der Waals surface area contributed by atoms with Crippen molar-refractivity contribution in [3.05, 3.63) is 54.1 Å². The number of carboxylic acid groups (broad SMARTS) is 1. The van der Waals surface area contributed by atoms with Crippen LogP contribution in [-0.2, 0) is 19.6 Å². The zero-order valence-corrected chi connectivity index (χ0v) is 17.4. The molecule has 0 radical (unpaired) electrons. The molecular weight excluding hydrogens is 412 g/mol. The summed E-state index contributed by atoms with van der Waals surface area (Å²) in [4.78, 5) is 34.1. The lowest BCUT2D eigenvalue weighted by Crippen LogP contribution is -2.29. The predicted molar refractivity (Wildman–Crippen MR) is 109 cm³/mol. The molecule has 0 heterocycles. The Kier molecular flexibility index (Phi) is 6.83. The minimum absolute atomic E-state index is 0.0404. The van der Waals surface area contributed by atoms with Crippen molar-refractivity contribution in [3.8, 4) is 5.75 Å². The van der Waals surface area contributed by atoms with Crippen molar-refractivity contribution < 1.29 is 32.6 Å². The Morgan fingerprint density at radius 2 is 1.53 bits per heavy atom. The number of hydrogen-bond acceptors (Lipinski definition) is 6. The molecule has 0 aliphatic rings. The van der Waals surface area contributed by atoms with Crippen LogP contribution in [0, 0.1) is 5.41 Å². The van der Waals surface area contributed by atoms with Crippen LogP contribution in [-0.4, -0.2) is 37.9 Å².